The van der Waals surface area contributed by atoms with Crippen LogP contribution in [0.15, 0.2) is 36.4 Å². The van der Waals surface area contributed by atoms with Gasteiger partial charge in [0.1, 0.15) is 11.5 Å². The van der Waals surface area contributed by atoms with Crippen LogP contribution in [0.2, 0.25) is 10.0 Å². The van der Waals surface area contributed by atoms with Crippen LogP contribution < -0.4 is 9.47 Å². The lowest BCUT2D eigenvalue weighted by Gasteiger charge is -2.27. The maximum Gasteiger partial charge on any atom is 0.137 e. The van der Waals surface area contributed by atoms with Crippen LogP contribution in [0, 0.1) is 0 Å². The van der Waals surface area contributed by atoms with Gasteiger partial charge < -0.3 is 14.6 Å². The smallest absolute Gasteiger partial charge is 0.137 e. The summed E-state index contributed by atoms with van der Waals surface area (Å²) in [5.74, 6) is 1.83. The maximum absolute atomic E-state index is 8.85. The predicted molar refractivity (Wildman–Crippen MR) is 113 cm³/mol. The fourth-order valence-electron chi connectivity index (χ4n) is 2.66. The first-order valence-corrected chi connectivity index (χ1v) is 10.2. The first-order valence-electron chi connectivity index (χ1n) is 8.92. The van der Waals surface area contributed by atoms with Gasteiger partial charge in [0.05, 0.1) is 23.3 Å². The van der Waals surface area contributed by atoms with Crippen molar-refractivity contribution in [3.63, 3.8) is 0 Å². The maximum atomic E-state index is 8.85. The summed E-state index contributed by atoms with van der Waals surface area (Å²) >= 11 is 18.5. The average Bonchev–Trinajstić information content (AvgIpc) is 2.64. The highest BCUT2D eigenvalue weighted by molar-refractivity contribution is 6.32. The van der Waals surface area contributed by atoms with E-state index in [-0.39, 0.29) is 12.0 Å². The Balaban J connectivity index is 2.19. The van der Waals surface area contributed by atoms with Gasteiger partial charge in [-0.2, -0.15) is 0 Å². The number of rotatable bonds is 10. The molecule has 2 aromatic rings. The monoisotopic (exact) mass is 430 g/mol. The highest BCUT2D eigenvalue weighted by atomic mass is 35.5. The Morgan fingerprint density at radius 3 is 1.74 bits per heavy atom. The minimum absolute atomic E-state index is 0.0923. The van der Waals surface area contributed by atoms with Crippen LogP contribution in [0.4, 0.5) is 0 Å². The third-order valence-corrected chi connectivity index (χ3v) is 5.26. The van der Waals surface area contributed by atoms with Gasteiger partial charge in [0.2, 0.25) is 0 Å². The zero-order valence-corrected chi connectivity index (χ0v) is 17.9. The van der Waals surface area contributed by atoms with E-state index < -0.39 is 0 Å². The van der Waals surface area contributed by atoms with Crippen molar-refractivity contribution in [3.8, 4) is 11.5 Å². The molecular formula is C21H25Cl3O3. The predicted octanol–water partition coefficient (Wildman–Crippen LogP) is 6.09. The Labute approximate surface area is 176 Å². The van der Waals surface area contributed by atoms with Gasteiger partial charge in [-0.3, -0.25) is 0 Å². The largest absolute Gasteiger partial charge is 0.492 e. The van der Waals surface area contributed by atoms with Crippen molar-refractivity contribution in [2.75, 3.05) is 25.7 Å². The number of ether oxygens (including phenoxy) is 2. The molecule has 0 heterocycles. The second-order valence-electron chi connectivity index (χ2n) is 6.73. The fraction of sp³-hybridized carbons (Fsp3) is 0.429. The lowest BCUT2D eigenvalue weighted by Crippen LogP contribution is -2.19. The molecule has 0 unspecified atom stereocenters. The van der Waals surface area contributed by atoms with E-state index in [4.69, 9.17) is 49.4 Å². The molecule has 0 saturated carbocycles. The Morgan fingerprint density at radius 1 is 0.852 bits per heavy atom. The molecule has 148 valence electrons. The van der Waals surface area contributed by atoms with E-state index in [9.17, 15) is 0 Å². The first-order chi connectivity index (χ1) is 12.9. The lowest BCUT2D eigenvalue weighted by molar-refractivity contribution is 0.233. The number of hydrogen-bond donors (Lipinski definition) is 1. The van der Waals surface area contributed by atoms with Crippen molar-refractivity contribution < 1.29 is 14.6 Å². The second-order valence-corrected chi connectivity index (χ2v) is 7.92. The summed E-state index contributed by atoms with van der Waals surface area (Å²) in [6.45, 7) is 5.30. The lowest BCUT2D eigenvalue weighted by atomic mass is 9.78. The molecule has 2 aromatic carbocycles. The van der Waals surface area contributed by atoms with Crippen molar-refractivity contribution in [1.29, 1.82) is 0 Å². The van der Waals surface area contributed by atoms with E-state index in [0.29, 0.717) is 47.1 Å². The topological polar surface area (TPSA) is 38.7 Å². The molecule has 0 amide bonds. The van der Waals surface area contributed by atoms with Gasteiger partial charge in [-0.15, -0.1) is 11.6 Å². The van der Waals surface area contributed by atoms with Crippen molar-refractivity contribution in [2.24, 2.45) is 0 Å². The molecular weight excluding hydrogens is 407 g/mol. The molecule has 0 radical (unpaired) electrons. The van der Waals surface area contributed by atoms with Crippen LogP contribution in [0.5, 0.6) is 11.5 Å². The van der Waals surface area contributed by atoms with Crippen LogP contribution in [0.25, 0.3) is 0 Å². The number of halogens is 3. The summed E-state index contributed by atoms with van der Waals surface area (Å²) < 4.78 is 11.3. The van der Waals surface area contributed by atoms with Crippen LogP contribution in [0.3, 0.4) is 0 Å². The molecule has 0 aliphatic carbocycles. The van der Waals surface area contributed by atoms with E-state index in [1.165, 1.54) is 0 Å². The quantitative estimate of drug-likeness (QED) is 0.365. The average molecular weight is 432 g/mol. The number of benzene rings is 2. The molecule has 0 bridgehead atoms. The Hall–Kier alpha value is -1.13. The van der Waals surface area contributed by atoms with E-state index in [0.717, 1.165) is 17.5 Å². The van der Waals surface area contributed by atoms with Crippen molar-refractivity contribution in [1.82, 2.24) is 0 Å². The van der Waals surface area contributed by atoms with Crippen LogP contribution in [-0.2, 0) is 5.41 Å². The van der Waals surface area contributed by atoms with E-state index in [1.807, 2.05) is 36.4 Å². The van der Waals surface area contributed by atoms with Gasteiger partial charge in [0, 0.05) is 24.3 Å². The van der Waals surface area contributed by atoms with Crippen LogP contribution >= 0.6 is 34.8 Å². The number of aliphatic hydroxyl groups excluding tert-OH is 1. The highest BCUT2D eigenvalue weighted by Gasteiger charge is 2.25. The molecule has 1 N–H and O–H groups in total. The second kappa shape index (κ2) is 10.4. The van der Waals surface area contributed by atoms with E-state index in [2.05, 4.69) is 13.8 Å². The van der Waals surface area contributed by atoms with Gasteiger partial charge in [0.25, 0.3) is 0 Å². The zero-order valence-electron chi connectivity index (χ0n) is 15.6. The minimum Gasteiger partial charge on any atom is -0.492 e. The summed E-state index contributed by atoms with van der Waals surface area (Å²) in [5, 5.41) is 9.98. The summed E-state index contributed by atoms with van der Waals surface area (Å²) in [6, 6.07) is 11.6. The van der Waals surface area contributed by atoms with Gasteiger partial charge in [0.15, 0.2) is 0 Å². The van der Waals surface area contributed by atoms with Crippen molar-refractivity contribution >= 4 is 34.8 Å². The zero-order chi connectivity index (χ0) is 19.9. The number of aliphatic hydroxyl groups is 1. The van der Waals surface area contributed by atoms with Crippen molar-refractivity contribution in [3.05, 3.63) is 57.6 Å². The summed E-state index contributed by atoms with van der Waals surface area (Å²) in [5.41, 5.74) is 1.81. The Kier molecular flexibility index (Phi) is 8.56. The molecule has 0 atom stereocenters. The SMILES string of the molecule is CC(C)(c1ccc(OCCCO)c(Cl)c1)c1ccc(OCCCCl)c(Cl)c1. The van der Waals surface area contributed by atoms with Crippen molar-refractivity contribution in [2.45, 2.75) is 32.1 Å². The molecule has 0 spiro atoms. The molecule has 2 rings (SSSR count). The Morgan fingerprint density at radius 2 is 1.33 bits per heavy atom. The molecule has 27 heavy (non-hydrogen) atoms. The van der Waals surface area contributed by atoms with Crippen LogP contribution in [-0.4, -0.2) is 30.8 Å². The van der Waals surface area contributed by atoms with E-state index in [1.54, 1.807) is 0 Å². The molecule has 3 nitrogen and oxygen atoms in total. The Bertz CT molecular complexity index is 686. The molecule has 0 aromatic heterocycles. The van der Waals surface area contributed by atoms with Gasteiger partial charge in [-0.25, -0.2) is 0 Å². The third-order valence-electron chi connectivity index (χ3n) is 4.40. The standard InChI is InChI=1S/C21H25Cl3O3/c1-21(2,15-5-7-19(17(23)13-15)26-11-3-9-22)16-6-8-20(18(24)14-16)27-12-4-10-25/h5-8,13-14,25H,3-4,9-12H2,1-2H3. The number of alkyl halides is 1. The summed E-state index contributed by atoms with van der Waals surface area (Å²) in [6.07, 6.45) is 1.34. The van der Waals surface area contributed by atoms with E-state index >= 15 is 0 Å². The van der Waals surface area contributed by atoms with Crippen LogP contribution in [0.1, 0.15) is 37.8 Å². The summed E-state index contributed by atoms with van der Waals surface area (Å²) in [4.78, 5) is 0. The van der Waals surface area contributed by atoms with Gasteiger partial charge >= 0.3 is 0 Å². The van der Waals surface area contributed by atoms with Gasteiger partial charge in [-0.05, 0) is 41.8 Å². The molecule has 0 aliphatic heterocycles. The molecule has 0 fully saturated rings. The fourth-order valence-corrected chi connectivity index (χ4v) is 3.24. The van der Waals surface area contributed by atoms with Gasteiger partial charge in [-0.1, -0.05) is 49.2 Å². The third kappa shape index (κ3) is 5.92. The number of hydrogen-bond acceptors (Lipinski definition) is 3. The first kappa shape index (κ1) is 22.2. The molecule has 0 saturated heterocycles. The summed E-state index contributed by atoms with van der Waals surface area (Å²) in [7, 11) is 0. The highest BCUT2D eigenvalue weighted by Crippen LogP contribution is 2.38. The normalized spacial score (nSPS) is 11.5. The molecule has 6 heteroatoms. The minimum atomic E-state index is -0.300. The molecule has 0 aliphatic rings.